The minimum Gasteiger partial charge on any atom is -0.480 e. The van der Waals surface area contributed by atoms with Gasteiger partial charge in [0, 0.05) is 16.0 Å². The van der Waals surface area contributed by atoms with Crippen LogP contribution in [0.1, 0.15) is 29.8 Å². The molecule has 3 N–H and O–H groups in total. The lowest BCUT2D eigenvalue weighted by molar-refractivity contribution is -0.159. The van der Waals surface area contributed by atoms with E-state index in [1.54, 1.807) is 32.0 Å². The first-order valence-corrected chi connectivity index (χ1v) is 9.03. The normalized spacial score (nSPS) is 28.1. The molecule has 26 heavy (non-hydrogen) atoms. The van der Waals surface area contributed by atoms with Gasteiger partial charge in [0.05, 0.1) is 6.42 Å². The van der Waals surface area contributed by atoms with Crippen molar-refractivity contribution in [3.8, 4) is 0 Å². The summed E-state index contributed by atoms with van der Waals surface area (Å²) in [5, 5.41) is 14.4. The number of carboxylic acids is 1. The molecule has 8 nitrogen and oxygen atoms in total. The third-order valence-corrected chi connectivity index (χ3v) is 6.53. The highest BCUT2D eigenvalue weighted by Crippen LogP contribution is 2.50. The maximum atomic E-state index is 12.5. The molecule has 0 aliphatic carbocycles. The van der Waals surface area contributed by atoms with Crippen molar-refractivity contribution in [3.63, 3.8) is 0 Å². The molecule has 4 rings (SSSR count). The molecule has 2 saturated heterocycles. The Balaban J connectivity index is 1.50. The summed E-state index contributed by atoms with van der Waals surface area (Å²) in [4.78, 5) is 49.2. The van der Waals surface area contributed by atoms with Crippen molar-refractivity contribution >= 4 is 41.1 Å². The molecule has 0 aromatic heterocycles. The van der Waals surface area contributed by atoms with Crippen LogP contribution in [-0.2, 0) is 20.8 Å². The molecule has 0 spiro atoms. The molecule has 0 unspecified atom stereocenters. The summed E-state index contributed by atoms with van der Waals surface area (Å²) in [5.74, 6) is -1.96. The van der Waals surface area contributed by atoms with Crippen LogP contribution in [0.4, 0.5) is 5.69 Å². The maximum absolute atomic E-state index is 12.5. The van der Waals surface area contributed by atoms with Gasteiger partial charge in [0.25, 0.3) is 5.91 Å². The van der Waals surface area contributed by atoms with E-state index in [9.17, 15) is 24.3 Å². The van der Waals surface area contributed by atoms with Crippen molar-refractivity contribution in [2.75, 3.05) is 5.32 Å². The number of carboxylic acid groups (broad SMARTS) is 1. The van der Waals surface area contributed by atoms with Crippen molar-refractivity contribution in [1.82, 2.24) is 10.2 Å². The number of benzene rings is 1. The lowest BCUT2D eigenvalue weighted by Gasteiger charge is -2.43. The fourth-order valence-electron chi connectivity index (χ4n) is 3.74. The average Bonchev–Trinajstić information content (AvgIpc) is 3.05. The fourth-order valence-corrected chi connectivity index (χ4v) is 5.37. The fraction of sp³-hybridized carbons (Fsp3) is 0.412. The van der Waals surface area contributed by atoms with Crippen molar-refractivity contribution in [3.05, 3.63) is 29.3 Å². The van der Waals surface area contributed by atoms with E-state index >= 15 is 0 Å². The molecule has 2 fully saturated rings. The molecule has 0 radical (unpaired) electrons. The van der Waals surface area contributed by atoms with Crippen molar-refractivity contribution in [2.24, 2.45) is 0 Å². The van der Waals surface area contributed by atoms with Gasteiger partial charge in [-0.15, -0.1) is 11.8 Å². The largest absolute Gasteiger partial charge is 0.480 e. The molecule has 1 aromatic carbocycles. The Morgan fingerprint density at radius 3 is 2.77 bits per heavy atom. The lowest BCUT2D eigenvalue weighted by Crippen LogP contribution is -2.70. The summed E-state index contributed by atoms with van der Waals surface area (Å²) >= 11 is 1.38. The summed E-state index contributed by atoms with van der Waals surface area (Å²) in [6, 6.07) is 3.24. The zero-order chi connectivity index (χ0) is 18.8. The Hall–Kier alpha value is -2.55. The Bertz CT molecular complexity index is 868. The number of hydrogen-bond donors (Lipinski definition) is 3. The predicted octanol–water partition coefficient (Wildman–Crippen LogP) is 0.426. The number of rotatable bonds is 3. The second-order valence-electron chi connectivity index (χ2n) is 7.15. The number of carbonyl (C=O) groups excluding carboxylic acids is 3. The summed E-state index contributed by atoms with van der Waals surface area (Å²) in [7, 11) is 0. The number of thioether (sulfide) groups is 1. The van der Waals surface area contributed by atoms with Gasteiger partial charge in [-0.25, -0.2) is 4.79 Å². The Labute approximate surface area is 153 Å². The van der Waals surface area contributed by atoms with Crippen LogP contribution in [0.25, 0.3) is 0 Å². The van der Waals surface area contributed by atoms with E-state index in [1.165, 1.54) is 16.7 Å². The van der Waals surface area contributed by atoms with Crippen LogP contribution >= 0.6 is 11.8 Å². The standard InChI is InChI=1S/C17H17N3O5S/c1-17(2)12(16(24)25)20-14(23)11(15(20)26-17)19-13(22)7-3-4-9-8(5-7)6-10(21)18-9/h3-5,11-12,15H,6H2,1-2H3,(H,18,21)(H,19,22)(H,24,25)/t11-,12+,15-/m1/s1. The van der Waals surface area contributed by atoms with E-state index in [-0.39, 0.29) is 23.6 Å². The van der Waals surface area contributed by atoms with Gasteiger partial charge in [-0.1, -0.05) is 0 Å². The van der Waals surface area contributed by atoms with Gasteiger partial charge < -0.3 is 20.6 Å². The smallest absolute Gasteiger partial charge is 0.327 e. The van der Waals surface area contributed by atoms with Gasteiger partial charge in [-0.05, 0) is 37.6 Å². The molecule has 1 aromatic rings. The Morgan fingerprint density at radius 1 is 1.35 bits per heavy atom. The predicted molar refractivity (Wildman–Crippen MR) is 93.8 cm³/mol. The lowest BCUT2D eigenvalue weighted by atomic mass is 9.96. The van der Waals surface area contributed by atoms with Crippen LogP contribution in [0.2, 0.25) is 0 Å². The molecule has 136 valence electrons. The molecule has 3 aliphatic heterocycles. The van der Waals surface area contributed by atoms with Gasteiger partial charge in [0.1, 0.15) is 17.5 Å². The Kier molecular flexibility index (Phi) is 3.56. The minimum absolute atomic E-state index is 0.119. The van der Waals surface area contributed by atoms with E-state index in [1.807, 2.05) is 0 Å². The van der Waals surface area contributed by atoms with Crippen LogP contribution < -0.4 is 10.6 Å². The minimum atomic E-state index is -1.04. The highest BCUT2D eigenvalue weighted by atomic mass is 32.2. The number of nitrogens with zero attached hydrogens (tertiary/aromatic N) is 1. The highest BCUT2D eigenvalue weighted by molar-refractivity contribution is 8.01. The van der Waals surface area contributed by atoms with Crippen LogP contribution in [0, 0.1) is 0 Å². The first kappa shape index (κ1) is 16.9. The second-order valence-corrected chi connectivity index (χ2v) is 8.92. The molecule has 9 heteroatoms. The third kappa shape index (κ3) is 2.38. The summed E-state index contributed by atoms with van der Waals surface area (Å²) in [5.41, 5.74) is 1.80. The number of fused-ring (bicyclic) bond motifs is 2. The van der Waals surface area contributed by atoms with Gasteiger partial charge in [-0.3, -0.25) is 14.4 Å². The number of carbonyl (C=O) groups is 4. The van der Waals surface area contributed by atoms with Crippen LogP contribution in [0.3, 0.4) is 0 Å². The van der Waals surface area contributed by atoms with E-state index in [0.717, 1.165) is 5.56 Å². The molecule has 3 atom stereocenters. The first-order valence-electron chi connectivity index (χ1n) is 8.15. The van der Waals surface area contributed by atoms with Crippen molar-refractivity contribution < 1.29 is 24.3 Å². The number of anilines is 1. The van der Waals surface area contributed by atoms with E-state index in [2.05, 4.69) is 10.6 Å². The van der Waals surface area contributed by atoms with Crippen LogP contribution in [0.5, 0.6) is 0 Å². The van der Waals surface area contributed by atoms with Gasteiger partial charge in [0.15, 0.2) is 0 Å². The zero-order valence-electron chi connectivity index (χ0n) is 14.1. The van der Waals surface area contributed by atoms with Gasteiger partial charge in [0.2, 0.25) is 11.8 Å². The molecule has 3 aliphatic rings. The summed E-state index contributed by atoms with van der Waals surface area (Å²) in [6.07, 6.45) is 0.222. The van der Waals surface area contributed by atoms with E-state index in [4.69, 9.17) is 0 Å². The zero-order valence-corrected chi connectivity index (χ0v) is 14.9. The van der Waals surface area contributed by atoms with Gasteiger partial charge >= 0.3 is 5.97 Å². The van der Waals surface area contributed by atoms with E-state index < -0.39 is 28.7 Å². The molecule has 0 saturated carbocycles. The summed E-state index contributed by atoms with van der Waals surface area (Å²) in [6.45, 7) is 3.57. The second kappa shape index (κ2) is 5.47. The monoisotopic (exact) mass is 375 g/mol. The topological polar surface area (TPSA) is 116 Å². The SMILES string of the molecule is CC1(C)S[C@@H]2[C@H](NC(=O)c3ccc4c(c3)CC(=O)N4)C(=O)N2[C@H]1C(=O)O. The molecular weight excluding hydrogens is 358 g/mol. The number of aliphatic carboxylic acids is 1. The maximum Gasteiger partial charge on any atom is 0.327 e. The number of nitrogens with one attached hydrogen (secondary N) is 2. The first-order chi connectivity index (χ1) is 12.2. The molecular formula is C17H17N3O5S. The number of hydrogen-bond acceptors (Lipinski definition) is 5. The van der Waals surface area contributed by atoms with E-state index in [0.29, 0.717) is 11.3 Å². The number of amides is 3. The molecule has 3 heterocycles. The van der Waals surface area contributed by atoms with Crippen LogP contribution in [-0.4, -0.2) is 55.9 Å². The highest BCUT2D eigenvalue weighted by Gasteiger charge is 2.64. The number of β-lactam (4-membered cyclic amide) rings is 1. The van der Waals surface area contributed by atoms with Crippen LogP contribution in [0.15, 0.2) is 18.2 Å². The quantitative estimate of drug-likeness (QED) is 0.660. The third-order valence-electron chi connectivity index (χ3n) is 4.95. The summed E-state index contributed by atoms with van der Waals surface area (Å²) < 4.78 is -0.634. The van der Waals surface area contributed by atoms with Crippen molar-refractivity contribution in [1.29, 1.82) is 0 Å². The molecule has 3 amide bonds. The average molecular weight is 375 g/mol. The van der Waals surface area contributed by atoms with Crippen molar-refractivity contribution in [2.45, 2.75) is 42.5 Å². The molecule has 0 bridgehead atoms. The van der Waals surface area contributed by atoms with Gasteiger partial charge in [-0.2, -0.15) is 0 Å². The Morgan fingerprint density at radius 2 is 2.08 bits per heavy atom.